The summed E-state index contributed by atoms with van der Waals surface area (Å²) in [6.07, 6.45) is -2.71. The first-order valence-corrected chi connectivity index (χ1v) is 8.07. The van der Waals surface area contributed by atoms with E-state index in [0.29, 0.717) is 15.4 Å². The summed E-state index contributed by atoms with van der Waals surface area (Å²) in [7, 11) is 0. The summed E-state index contributed by atoms with van der Waals surface area (Å²) in [5, 5.41) is 10.8. The second-order valence-electron chi connectivity index (χ2n) is 5.47. The van der Waals surface area contributed by atoms with Crippen molar-refractivity contribution in [2.45, 2.75) is 13.3 Å². The highest BCUT2D eigenvalue weighted by Crippen LogP contribution is 2.35. The van der Waals surface area contributed by atoms with Crippen LogP contribution in [0.2, 0.25) is 0 Å². The Kier molecular flexibility index (Phi) is 4.43. The third-order valence-electron chi connectivity index (χ3n) is 3.85. The van der Waals surface area contributed by atoms with Crippen molar-refractivity contribution in [1.82, 2.24) is 4.57 Å². The normalized spacial score (nSPS) is 11.2. The van der Waals surface area contributed by atoms with E-state index in [1.807, 2.05) is 0 Å². The number of hydrogen-bond donors (Lipinski definition) is 1. The Bertz CT molecular complexity index is 1010. The molecule has 0 saturated carbocycles. The average Bonchev–Trinajstić information content (AvgIpc) is 2.85. The summed E-state index contributed by atoms with van der Waals surface area (Å²) >= 11 is 3.29. The van der Waals surface area contributed by atoms with Crippen LogP contribution >= 0.6 is 15.9 Å². The lowest BCUT2D eigenvalue weighted by molar-refractivity contribution is 0.0933. The van der Waals surface area contributed by atoms with E-state index in [-0.39, 0.29) is 16.7 Å². The highest BCUT2D eigenvalue weighted by molar-refractivity contribution is 9.10. The van der Waals surface area contributed by atoms with Gasteiger partial charge in [-0.25, -0.2) is 8.78 Å². The van der Waals surface area contributed by atoms with Crippen LogP contribution < -0.4 is 0 Å². The van der Waals surface area contributed by atoms with Gasteiger partial charge in [-0.1, -0.05) is 34.1 Å². The van der Waals surface area contributed by atoms with Gasteiger partial charge < -0.3 is 5.11 Å². The first-order chi connectivity index (χ1) is 11.8. The molecule has 2 aromatic carbocycles. The van der Waals surface area contributed by atoms with Crippen LogP contribution in [0.15, 0.2) is 46.9 Å². The number of aromatic nitrogens is 1. The number of carbonyl (C=O) groups is 2. The predicted molar refractivity (Wildman–Crippen MR) is 92.4 cm³/mol. The number of carbonyl (C=O) groups excluding carboxylic acids is 2. The number of halogens is 3. The van der Waals surface area contributed by atoms with Gasteiger partial charge in [-0.2, -0.15) is 0 Å². The van der Waals surface area contributed by atoms with Gasteiger partial charge in [-0.15, -0.1) is 0 Å². The zero-order valence-corrected chi connectivity index (χ0v) is 14.5. The lowest BCUT2D eigenvalue weighted by Gasteiger charge is -2.05. The van der Waals surface area contributed by atoms with E-state index in [4.69, 9.17) is 0 Å². The van der Waals surface area contributed by atoms with Gasteiger partial charge in [0.25, 0.3) is 6.43 Å². The third-order valence-corrected chi connectivity index (χ3v) is 4.34. The average molecular weight is 408 g/mol. The maximum absolute atomic E-state index is 12.9. The van der Waals surface area contributed by atoms with Gasteiger partial charge in [0.15, 0.2) is 5.78 Å². The molecule has 0 aliphatic rings. The smallest absolute Gasteiger partial charge is 0.263 e. The minimum absolute atomic E-state index is 0.00989. The molecule has 0 aliphatic carbocycles. The number of fused-ring (bicyclic) bond motifs is 1. The molecule has 0 unspecified atom stereocenters. The Morgan fingerprint density at radius 3 is 2.52 bits per heavy atom. The van der Waals surface area contributed by atoms with Crippen molar-refractivity contribution in [3.8, 4) is 5.88 Å². The Hall–Kier alpha value is -2.54. The topological polar surface area (TPSA) is 59.3 Å². The van der Waals surface area contributed by atoms with E-state index in [1.54, 1.807) is 18.2 Å². The van der Waals surface area contributed by atoms with E-state index in [2.05, 4.69) is 15.9 Å². The van der Waals surface area contributed by atoms with Crippen LogP contribution in [0.25, 0.3) is 10.9 Å². The van der Waals surface area contributed by atoms with Crippen LogP contribution in [0.3, 0.4) is 0 Å². The minimum Gasteiger partial charge on any atom is -0.494 e. The second-order valence-corrected chi connectivity index (χ2v) is 6.39. The molecule has 3 aromatic rings. The van der Waals surface area contributed by atoms with Crippen molar-refractivity contribution >= 4 is 38.5 Å². The molecule has 1 N–H and O–H groups in total. The molecule has 0 aliphatic heterocycles. The molecular weight excluding hydrogens is 396 g/mol. The molecule has 25 heavy (non-hydrogen) atoms. The lowest BCUT2D eigenvalue weighted by Crippen LogP contribution is -2.06. The molecule has 0 amide bonds. The van der Waals surface area contributed by atoms with Gasteiger partial charge in [0.05, 0.1) is 11.1 Å². The molecule has 128 valence electrons. The first-order valence-electron chi connectivity index (χ1n) is 7.28. The summed E-state index contributed by atoms with van der Waals surface area (Å²) in [6, 6.07) is 9.91. The van der Waals surface area contributed by atoms with Gasteiger partial charge in [-0.05, 0) is 24.3 Å². The number of alkyl halides is 2. The van der Waals surface area contributed by atoms with Gasteiger partial charge in [-0.3, -0.25) is 14.2 Å². The largest absolute Gasteiger partial charge is 0.494 e. The number of rotatable bonds is 3. The highest BCUT2D eigenvalue weighted by Gasteiger charge is 2.25. The van der Waals surface area contributed by atoms with Gasteiger partial charge in [0.2, 0.25) is 11.8 Å². The monoisotopic (exact) mass is 407 g/mol. The van der Waals surface area contributed by atoms with Crippen LogP contribution in [0.5, 0.6) is 5.88 Å². The maximum atomic E-state index is 12.9. The van der Waals surface area contributed by atoms with E-state index >= 15 is 0 Å². The molecule has 0 spiro atoms. The van der Waals surface area contributed by atoms with Crippen LogP contribution in [0, 0.1) is 0 Å². The van der Waals surface area contributed by atoms with Crippen LogP contribution in [0.4, 0.5) is 8.78 Å². The van der Waals surface area contributed by atoms with E-state index in [0.717, 1.165) is 10.6 Å². The molecule has 0 fully saturated rings. The van der Waals surface area contributed by atoms with Crippen molar-refractivity contribution in [2.75, 3.05) is 0 Å². The quantitative estimate of drug-likeness (QED) is 0.625. The zero-order valence-electron chi connectivity index (χ0n) is 13.0. The minimum atomic E-state index is -2.71. The number of aromatic hydroxyl groups is 1. The standard InChI is InChI=1S/C18H12BrF2NO3/c1-9(23)22-14-6-5-12(19)8-13(14)15(18(22)25)16(24)10-3-2-4-11(7-10)17(20)21/h2-8,17,25H,1H3. The van der Waals surface area contributed by atoms with Gasteiger partial charge >= 0.3 is 0 Å². The Labute approximate surface area is 149 Å². The molecule has 4 nitrogen and oxygen atoms in total. The predicted octanol–water partition coefficient (Wildman–Crippen LogP) is 4.94. The fourth-order valence-electron chi connectivity index (χ4n) is 2.75. The van der Waals surface area contributed by atoms with E-state index in [9.17, 15) is 23.5 Å². The molecule has 0 saturated heterocycles. The summed E-state index contributed by atoms with van der Waals surface area (Å²) in [5.41, 5.74) is -0.0167. The lowest BCUT2D eigenvalue weighted by atomic mass is 10.0. The molecular formula is C18H12BrF2NO3. The van der Waals surface area contributed by atoms with Crippen molar-refractivity contribution in [2.24, 2.45) is 0 Å². The summed E-state index contributed by atoms with van der Waals surface area (Å²) in [6.45, 7) is 1.26. The van der Waals surface area contributed by atoms with E-state index < -0.39 is 24.0 Å². The van der Waals surface area contributed by atoms with Gasteiger partial charge in [0.1, 0.15) is 0 Å². The fraction of sp³-hybridized carbons (Fsp3) is 0.111. The number of nitrogens with zero attached hydrogens (tertiary/aromatic N) is 1. The fourth-order valence-corrected chi connectivity index (χ4v) is 3.11. The Morgan fingerprint density at radius 1 is 1.16 bits per heavy atom. The summed E-state index contributed by atoms with van der Waals surface area (Å²) in [5.74, 6) is -1.61. The first kappa shape index (κ1) is 17.3. The molecule has 1 heterocycles. The SMILES string of the molecule is CC(=O)n1c(O)c(C(=O)c2cccc(C(F)F)c2)c2cc(Br)ccc21. The summed E-state index contributed by atoms with van der Waals surface area (Å²) in [4.78, 5) is 24.7. The van der Waals surface area contributed by atoms with Crippen molar-refractivity contribution in [3.63, 3.8) is 0 Å². The van der Waals surface area contributed by atoms with E-state index in [1.165, 1.54) is 25.1 Å². The summed E-state index contributed by atoms with van der Waals surface area (Å²) < 4.78 is 27.5. The third kappa shape index (κ3) is 2.95. The Morgan fingerprint density at radius 2 is 1.88 bits per heavy atom. The zero-order chi connectivity index (χ0) is 18.3. The molecule has 1 aromatic heterocycles. The highest BCUT2D eigenvalue weighted by atomic mass is 79.9. The number of hydrogen-bond acceptors (Lipinski definition) is 3. The Balaban J connectivity index is 2.26. The van der Waals surface area contributed by atoms with Crippen LogP contribution in [0.1, 0.15) is 39.6 Å². The van der Waals surface area contributed by atoms with Crippen LogP contribution in [-0.4, -0.2) is 21.4 Å². The molecule has 0 bridgehead atoms. The number of benzene rings is 2. The molecule has 0 atom stereocenters. The van der Waals surface area contributed by atoms with Crippen molar-refractivity contribution in [3.05, 3.63) is 63.6 Å². The van der Waals surface area contributed by atoms with Crippen molar-refractivity contribution in [1.29, 1.82) is 0 Å². The number of ketones is 1. The molecule has 7 heteroatoms. The second kappa shape index (κ2) is 6.40. The van der Waals surface area contributed by atoms with Crippen molar-refractivity contribution < 1.29 is 23.5 Å². The molecule has 3 rings (SSSR count). The maximum Gasteiger partial charge on any atom is 0.263 e. The van der Waals surface area contributed by atoms with Gasteiger partial charge in [0, 0.05) is 27.9 Å². The molecule has 0 radical (unpaired) electrons. The van der Waals surface area contributed by atoms with Crippen LogP contribution in [-0.2, 0) is 0 Å².